The van der Waals surface area contributed by atoms with Crippen LogP contribution in [0.3, 0.4) is 0 Å². The average Bonchev–Trinajstić information content (AvgIpc) is 3.58. The molecule has 7 nitrogen and oxygen atoms in total. The summed E-state index contributed by atoms with van der Waals surface area (Å²) in [5.41, 5.74) is 1.47. The Morgan fingerprint density at radius 2 is 1.84 bits per heavy atom. The molecule has 0 fully saturated rings. The van der Waals surface area contributed by atoms with E-state index >= 15 is 0 Å². The van der Waals surface area contributed by atoms with E-state index in [0.29, 0.717) is 43.0 Å². The largest absolute Gasteiger partial charge is 0.503 e. The maximum Gasteiger partial charge on any atom is 0.296 e. The van der Waals surface area contributed by atoms with Gasteiger partial charge in [0, 0.05) is 15.4 Å². The smallest absolute Gasteiger partial charge is 0.296 e. The van der Waals surface area contributed by atoms with Crippen LogP contribution in [0.25, 0.3) is 21.2 Å². The Kier molecular flexibility index (Phi) is 5.67. The van der Waals surface area contributed by atoms with E-state index in [2.05, 4.69) is 4.98 Å². The predicted octanol–water partition coefficient (Wildman–Crippen LogP) is 7.14. The number of aliphatic hydroxyl groups excluding tert-OH is 1. The molecule has 3 heterocycles. The van der Waals surface area contributed by atoms with E-state index in [1.807, 2.05) is 0 Å². The fourth-order valence-electron chi connectivity index (χ4n) is 4.43. The number of carbonyl (C=O) groups excluding carboxylic acids is 2. The summed E-state index contributed by atoms with van der Waals surface area (Å²) in [6, 6.07) is 17.8. The molecule has 0 saturated carbocycles. The van der Waals surface area contributed by atoms with Gasteiger partial charge in [0.25, 0.3) is 5.91 Å². The first kappa shape index (κ1) is 23.5. The van der Waals surface area contributed by atoms with Crippen LogP contribution in [0.5, 0.6) is 5.75 Å². The summed E-state index contributed by atoms with van der Waals surface area (Å²) in [7, 11) is 1.50. The predicted molar refractivity (Wildman–Crippen MR) is 143 cm³/mol. The number of rotatable bonds is 5. The molecular formula is C27H16Cl2N2O5S. The van der Waals surface area contributed by atoms with Gasteiger partial charge < -0.3 is 14.3 Å². The summed E-state index contributed by atoms with van der Waals surface area (Å²) in [6.45, 7) is 0. The van der Waals surface area contributed by atoms with Gasteiger partial charge in [-0.3, -0.25) is 14.5 Å². The molecule has 2 aromatic heterocycles. The summed E-state index contributed by atoms with van der Waals surface area (Å²) in [5, 5.41) is 13.0. The lowest BCUT2D eigenvalue weighted by molar-refractivity contribution is -0.117. The van der Waals surface area contributed by atoms with E-state index in [-0.39, 0.29) is 11.3 Å². The molecule has 10 heteroatoms. The number of fused-ring (bicyclic) bond motifs is 2. The lowest BCUT2D eigenvalue weighted by atomic mass is 9.95. The monoisotopic (exact) mass is 550 g/mol. The van der Waals surface area contributed by atoms with Gasteiger partial charge in [-0.05, 0) is 48.0 Å². The van der Waals surface area contributed by atoms with E-state index in [0.717, 1.165) is 4.70 Å². The third-order valence-electron chi connectivity index (χ3n) is 6.14. The second-order valence-electron chi connectivity index (χ2n) is 8.32. The number of anilines is 1. The topological polar surface area (TPSA) is 92.9 Å². The highest BCUT2D eigenvalue weighted by Gasteiger charge is 2.46. The average molecular weight is 551 g/mol. The number of hydrogen-bond donors (Lipinski definition) is 1. The van der Waals surface area contributed by atoms with E-state index < -0.39 is 23.5 Å². The van der Waals surface area contributed by atoms with Crippen LogP contribution in [-0.4, -0.2) is 28.9 Å². The molecule has 1 N–H and O–H groups in total. The third kappa shape index (κ3) is 3.85. The summed E-state index contributed by atoms with van der Waals surface area (Å²) in [5.74, 6) is -1.63. The molecule has 0 aliphatic carbocycles. The van der Waals surface area contributed by atoms with Crippen molar-refractivity contribution in [3.8, 4) is 5.75 Å². The summed E-state index contributed by atoms with van der Waals surface area (Å²) in [4.78, 5) is 33.2. The van der Waals surface area contributed by atoms with Gasteiger partial charge in [-0.1, -0.05) is 58.8 Å². The molecule has 0 bridgehead atoms. The molecule has 0 saturated heterocycles. The minimum atomic E-state index is -0.969. The number of thiazole rings is 1. The van der Waals surface area contributed by atoms with Crippen LogP contribution in [0, 0.1) is 0 Å². The van der Waals surface area contributed by atoms with E-state index in [1.165, 1.54) is 23.3 Å². The molecule has 1 unspecified atom stereocenters. The number of methoxy groups -OCH3 is 1. The number of Topliss-reactive ketones (excluding diaryl/α,β-unsaturated/α-hetero) is 1. The van der Waals surface area contributed by atoms with Crippen molar-refractivity contribution in [2.45, 2.75) is 6.04 Å². The number of para-hydroxylation sites is 1. The fourth-order valence-corrected chi connectivity index (χ4v) is 5.82. The minimum absolute atomic E-state index is 0.0363. The lowest BCUT2D eigenvalue weighted by Crippen LogP contribution is -2.30. The van der Waals surface area contributed by atoms with Gasteiger partial charge in [0.05, 0.1) is 28.9 Å². The van der Waals surface area contributed by atoms with Gasteiger partial charge in [0.1, 0.15) is 0 Å². The second kappa shape index (κ2) is 8.92. The minimum Gasteiger partial charge on any atom is -0.503 e. The second-order valence-corrected chi connectivity index (χ2v) is 10.2. The Morgan fingerprint density at radius 3 is 2.59 bits per heavy atom. The van der Waals surface area contributed by atoms with Crippen molar-refractivity contribution in [2.75, 3.05) is 12.0 Å². The SMILES string of the molecule is COc1cccc2cc(C(=O)C3=C(O)C(=O)N(c4nc5ccc(Cl)cc5s4)C3c3ccc(Cl)cc3)oc12. The molecule has 0 radical (unpaired) electrons. The maximum atomic E-state index is 13.8. The standard InChI is InChI=1S/C27H16Cl2N2O5S/c1-35-18-4-2-3-14-11-19(36-25(14)18)23(32)21-22(13-5-7-15(28)8-6-13)31(26(34)24(21)33)27-30-17-10-9-16(29)12-20(17)37-27/h2-12,22,33H,1H3. The van der Waals surface area contributed by atoms with Crippen molar-refractivity contribution < 1.29 is 23.8 Å². The van der Waals surface area contributed by atoms with Crippen LogP contribution in [0.2, 0.25) is 10.0 Å². The van der Waals surface area contributed by atoms with Crippen molar-refractivity contribution in [2.24, 2.45) is 0 Å². The molecule has 1 amide bonds. The maximum absolute atomic E-state index is 13.8. The Hall–Kier alpha value is -3.85. The number of furan rings is 1. The van der Waals surface area contributed by atoms with Crippen LogP contribution in [-0.2, 0) is 4.79 Å². The molecular weight excluding hydrogens is 535 g/mol. The number of amides is 1. The Labute approximate surface area is 224 Å². The Morgan fingerprint density at radius 1 is 1.08 bits per heavy atom. The van der Waals surface area contributed by atoms with Gasteiger partial charge in [-0.2, -0.15) is 0 Å². The van der Waals surface area contributed by atoms with Crippen LogP contribution < -0.4 is 9.64 Å². The molecule has 1 atom stereocenters. The first-order valence-electron chi connectivity index (χ1n) is 11.0. The molecule has 184 valence electrons. The van der Waals surface area contributed by atoms with E-state index in [4.69, 9.17) is 32.4 Å². The zero-order valence-electron chi connectivity index (χ0n) is 19.1. The zero-order chi connectivity index (χ0) is 25.8. The number of aromatic nitrogens is 1. The van der Waals surface area contributed by atoms with E-state index in [9.17, 15) is 14.7 Å². The van der Waals surface area contributed by atoms with Gasteiger partial charge in [-0.25, -0.2) is 4.98 Å². The fraction of sp³-hybridized carbons (Fsp3) is 0.0741. The highest BCUT2D eigenvalue weighted by Crippen LogP contribution is 2.45. The number of hydrogen-bond acceptors (Lipinski definition) is 7. The third-order valence-corrected chi connectivity index (χ3v) is 7.64. The van der Waals surface area contributed by atoms with Crippen molar-refractivity contribution >= 4 is 72.5 Å². The van der Waals surface area contributed by atoms with Crippen molar-refractivity contribution in [3.05, 3.63) is 99.4 Å². The number of nitrogens with zero attached hydrogens (tertiary/aromatic N) is 2. The first-order valence-corrected chi connectivity index (χ1v) is 12.6. The van der Waals surface area contributed by atoms with Gasteiger partial charge in [-0.15, -0.1) is 0 Å². The summed E-state index contributed by atoms with van der Waals surface area (Å²) in [6.07, 6.45) is 0. The van der Waals surface area contributed by atoms with Crippen LogP contribution in [0.15, 0.2) is 82.5 Å². The number of carbonyl (C=O) groups is 2. The molecule has 5 aromatic rings. The summed E-state index contributed by atoms with van der Waals surface area (Å²) >= 11 is 13.5. The normalized spacial score (nSPS) is 15.8. The molecule has 6 rings (SSSR count). The molecule has 0 spiro atoms. The molecule has 3 aromatic carbocycles. The van der Waals surface area contributed by atoms with Crippen LogP contribution in [0.4, 0.5) is 5.13 Å². The molecule has 1 aliphatic rings. The highest BCUT2D eigenvalue weighted by molar-refractivity contribution is 7.22. The Bertz CT molecular complexity index is 1760. The zero-order valence-corrected chi connectivity index (χ0v) is 21.4. The number of ketones is 1. The number of halogens is 2. The van der Waals surface area contributed by atoms with E-state index in [1.54, 1.807) is 66.7 Å². The van der Waals surface area contributed by atoms with Crippen LogP contribution in [0.1, 0.15) is 22.2 Å². The Balaban J connectivity index is 1.51. The highest BCUT2D eigenvalue weighted by atomic mass is 35.5. The summed E-state index contributed by atoms with van der Waals surface area (Å²) < 4.78 is 12.0. The van der Waals surface area contributed by atoms with Gasteiger partial charge in [0.15, 0.2) is 28.0 Å². The van der Waals surface area contributed by atoms with Crippen molar-refractivity contribution in [1.82, 2.24) is 4.98 Å². The van der Waals surface area contributed by atoms with Crippen LogP contribution >= 0.6 is 34.5 Å². The van der Waals surface area contributed by atoms with Gasteiger partial charge in [0.2, 0.25) is 5.78 Å². The molecule has 1 aliphatic heterocycles. The number of ether oxygens (including phenoxy) is 1. The van der Waals surface area contributed by atoms with Crippen molar-refractivity contribution in [3.63, 3.8) is 0 Å². The van der Waals surface area contributed by atoms with Crippen molar-refractivity contribution in [1.29, 1.82) is 0 Å². The number of benzene rings is 3. The molecule has 37 heavy (non-hydrogen) atoms. The number of aliphatic hydroxyl groups is 1. The first-order chi connectivity index (χ1) is 17.9. The lowest BCUT2D eigenvalue weighted by Gasteiger charge is -2.24. The van der Waals surface area contributed by atoms with Gasteiger partial charge >= 0.3 is 0 Å². The quantitative estimate of drug-likeness (QED) is 0.234.